The first-order valence-corrected chi connectivity index (χ1v) is 25.4. The van der Waals surface area contributed by atoms with Gasteiger partial charge in [-0.2, -0.15) is 0 Å². The molecular weight excluding hydrogens is 853 g/mol. The van der Waals surface area contributed by atoms with Crippen molar-refractivity contribution in [2.24, 2.45) is 0 Å². The van der Waals surface area contributed by atoms with E-state index in [-0.39, 0.29) is 16.2 Å². The van der Waals surface area contributed by atoms with Crippen molar-refractivity contribution in [1.82, 2.24) is 0 Å². The van der Waals surface area contributed by atoms with Crippen molar-refractivity contribution in [3.63, 3.8) is 0 Å². The van der Waals surface area contributed by atoms with Gasteiger partial charge in [0.2, 0.25) is 0 Å². The number of rotatable bonds is 2. The molecule has 1 spiro atoms. The minimum atomic E-state index is -0.273. The van der Waals surface area contributed by atoms with Crippen LogP contribution < -0.4 is 0 Å². The highest BCUT2D eigenvalue weighted by molar-refractivity contribution is 5.95. The predicted octanol–water partition coefficient (Wildman–Crippen LogP) is 17.9. The van der Waals surface area contributed by atoms with Crippen LogP contribution in [0.15, 0.2) is 218 Å². The maximum Gasteiger partial charge on any atom is 0.0725 e. The Morgan fingerprint density at radius 2 is 0.451 bits per heavy atom. The second-order valence-electron chi connectivity index (χ2n) is 21.2. The zero-order chi connectivity index (χ0) is 48.8. The van der Waals surface area contributed by atoms with Gasteiger partial charge in [0.25, 0.3) is 0 Å². The third-order valence-corrected chi connectivity index (χ3v) is 16.2. The van der Waals surface area contributed by atoms with Crippen LogP contribution in [0.5, 0.6) is 0 Å². The molecule has 71 heavy (non-hydrogen) atoms. The summed E-state index contributed by atoms with van der Waals surface area (Å²) >= 11 is 0. The topological polar surface area (TPSA) is 0 Å². The molecule has 0 radical (unpaired) electrons. The van der Waals surface area contributed by atoms with Crippen molar-refractivity contribution in [2.75, 3.05) is 0 Å². The fraction of sp³-hybridized carbons (Fsp3) is 0.155. The van der Waals surface area contributed by atoms with Gasteiger partial charge in [-0.15, -0.1) is 0 Å². The van der Waals surface area contributed by atoms with E-state index in [0.717, 1.165) is 0 Å². The predicted molar refractivity (Wildman–Crippen MR) is 299 cm³/mol. The van der Waals surface area contributed by atoms with Crippen LogP contribution in [-0.2, 0) is 16.2 Å². The average molecular weight is 913 g/mol. The molecule has 4 aliphatic rings. The first-order chi connectivity index (χ1) is 34.4. The van der Waals surface area contributed by atoms with Crippen LogP contribution >= 0.6 is 0 Å². The summed E-state index contributed by atoms with van der Waals surface area (Å²) in [6.45, 7) is 17.8. The van der Waals surface area contributed by atoms with Gasteiger partial charge in [0.15, 0.2) is 0 Å². The number of hydrogen-bond acceptors (Lipinski definition) is 0. The summed E-state index contributed by atoms with van der Waals surface area (Å²) in [5.41, 5.74) is 32.7. The van der Waals surface area contributed by atoms with Gasteiger partial charge in [0.05, 0.1) is 10.8 Å². The first kappa shape index (κ1) is 44.4. The van der Waals surface area contributed by atoms with E-state index in [4.69, 9.17) is 0 Å². The average Bonchev–Trinajstić information content (AvgIpc) is 4.02. The largest absolute Gasteiger partial charge is 0.0725 e. The molecule has 0 N–H and O–H groups in total. The van der Waals surface area contributed by atoms with Gasteiger partial charge in [0, 0.05) is 5.41 Å². The SMILES string of the molecule is Cc1ccc2c(c1)C(C)(C)c1cc(C)ccc1-2.Cc1ccc2c(c1)C(c1ccccc1)(c1ccccc1)c1cc(C)ccc1-2.Cc1ccc2c(c1)C1(c3ccccc3-c3ccccc31)c1cc(C)ccc1-2. The molecule has 0 atom stereocenters. The molecule has 0 amide bonds. The van der Waals surface area contributed by atoms with Crippen LogP contribution in [-0.4, -0.2) is 0 Å². The van der Waals surface area contributed by atoms with E-state index < -0.39 is 0 Å². The van der Waals surface area contributed by atoms with Crippen LogP contribution in [0, 0.1) is 41.5 Å². The van der Waals surface area contributed by atoms with E-state index in [2.05, 4.69) is 274 Å². The van der Waals surface area contributed by atoms with Gasteiger partial charge in [-0.05, 0) is 142 Å². The Labute approximate surface area is 421 Å². The zero-order valence-electron chi connectivity index (χ0n) is 42.3. The van der Waals surface area contributed by atoms with Crippen LogP contribution in [0.4, 0.5) is 0 Å². The maximum atomic E-state index is 2.41. The van der Waals surface area contributed by atoms with Crippen molar-refractivity contribution < 1.29 is 0 Å². The van der Waals surface area contributed by atoms with Crippen LogP contribution in [0.2, 0.25) is 0 Å². The molecule has 0 aromatic heterocycles. The fourth-order valence-electron chi connectivity index (χ4n) is 13.0. The lowest BCUT2D eigenvalue weighted by Gasteiger charge is -2.34. The Hall–Kier alpha value is -7.80. The van der Waals surface area contributed by atoms with E-state index in [1.165, 1.54) is 134 Å². The highest BCUT2D eigenvalue weighted by atomic mass is 14.5. The highest BCUT2D eigenvalue weighted by Gasteiger charge is 2.52. The number of benzene rings is 10. The maximum absolute atomic E-state index is 2.41. The lowest BCUT2D eigenvalue weighted by Crippen LogP contribution is -2.28. The lowest BCUT2D eigenvalue weighted by molar-refractivity contribution is 0.659. The summed E-state index contributed by atoms with van der Waals surface area (Å²) in [6, 6.07) is 81.3. The Morgan fingerprint density at radius 1 is 0.211 bits per heavy atom. The molecule has 0 aliphatic heterocycles. The van der Waals surface area contributed by atoms with Gasteiger partial charge in [-0.1, -0.05) is 266 Å². The Morgan fingerprint density at radius 3 is 0.775 bits per heavy atom. The molecule has 0 nitrogen and oxygen atoms in total. The van der Waals surface area contributed by atoms with E-state index >= 15 is 0 Å². The van der Waals surface area contributed by atoms with E-state index in [1.54, 1.807) is 0 Å². The highest BCUT2D eigenvalue weighted by Crippen LogP contribution is 2.63. The monoisotopic (exact) mass is 912 g/mol. The van der Waals surface area contributed by atoms with Crippen molar-refractivity contribution in [2.45, 2.75) is 71.6 Å². The Balaban J connectivity index is 0.000000113. The zero-order valence-corrected chi connectivity index (χ0v) is 42.3. The normalized spacial score (nSPS) is 14.5. The van der Waals surface area contributed by atoms with Crippen LogP contribution in [0.1, 0.15) is 103 Å². The summed E-state index contributed by atoms with van der Waals surface area (Å²) in [5.74, 6) is 0. The lowest BCUT2D eigenvalue weighted by atomic mass is 9.67. The molecule has 0 saturated heterocycles. The first-order valence-electron chi connectivity index (χ1n) is 25.4. The molecule has 0 heterocycles. The molecule has 4 aliphatic carbocycles. The standard InChI is InChI=1S/C27H20.C27H22.C17H18/c1-17-11-13-21-22-14-12-18(2)16-26(22)27(25(21)15-17)23-9-5-3-7-19(23)20-8-4-6-10-24(20)27;1-19-13-15-23-24-16-14-20(2)18-26(24)27(25(23)17-19,21-9-5-3-6-10-21)22-11-7-4-8-12-22;1-11-5-7-13-14-8-6-12(2)10-16(14)17(3,4)15(13)9-11/h3-16H,1-2H3;3-18H,1-2H3;5-10H,1-4H3. The van der Waals surface area contributed by atoms with Gasteiger partial charge < -0.3 is 0 Å². The molecular formula is C71H60. The van der Waals surface area contributed by atoms with Crippen LogP contribution in [0.25, 0.3) is 44.5 Å². The summed E-state index contributed by atoms with van der Waals surface area (Å²) in [4.78, 5) is 0. The molecule has 344 valence electrons. The minimum Gasteiger partial charge on any atom is -0.0622 e. The molecule has 0 saturated carbocycles. The second-order valence-corrected chi connectivity index (χ2v) is 21.2. The molecule has 14 rings (SSSR count). The van der Waals surface area contributed by atoms with Gasteiger partial charge in [0.1, 0.15) is 0 Å². The Kier molecular flexibility index (Phi) is 10.4. The van der Waals surface area contributed by atoms with E-state index in [9.17, 15) is 0 Å². The van der Waals surface area contributed by atoms with Gasteiger partial charge in [-0.3, -0.25) is 0 Å². The fourth-order valence-corrected chi connectivity index (χ4v) is 13.0. The quantitative estimate of drug-likeness (QED) is 0.162. The van der Waals surface area contributed by atoms with E-state index in [1.807, 2.05) is 0 Å². The van der Waals surface area contributed by atoms with Crippen molar-refractivity contribution in [3.05, 3.63) is 307 Å². The smallest absolute Gasteiger partial charge is 0.0622 e. The van der Waals surface area contributed by atoms with Gasteiger partial charge >= 0.3 is 0 Å². The van der Waals surface area contributed by atoms with Crippen molar-refractivity contribution in [3.8, 4) is 44.5 Å². The molecule has 10 aromatic rings. The summed E-state index contributed by atoms with van der Waals surface area (Å²) < 4.78 is 0. The second kappa shape index (κ2) is 16.7. The number of hydrogen-bond donors (Lipinski definition) is 0. The molecule has 0 unspecified atom stereocenters. The Bertz CT molecular complexity index is 3380. The summed E-state index contributed by atoms with van der Waals surface area (Å²) in [5, 5.41) is 0. The summed E-state index contributed by atoms with van der Waals surface area (Å²) in [6.07, 6.45) is 0. The van der Waals surface area contributed by atoms with Crippen LogP contribution in [0.3, 0.4) is 0 Å². The minimum absolute atomic E-state index is 0.142. The van der Waals surface area contributed by atoms with Crippen molar-refractivity contribution >= 4 is 0 Å². The van der Waals surface area contributed by atoms with Crippen molar-refractivity contribution in [1.29, 1.82) is 0 Å². The molecule has 0 fully saturated rings. The molecule has 10 aromatic carbocycles. The third kappa shape index (κ3) is 6.64. The summed E-state index contributed by atoms with van der Waals surface area (Å²) in [7, 11) is 0. The molecule has 0 heteroatoms. The molecule has 0 bridgehead atoms. The van der Waals surface area contributed by atoms with E-state index in [0.29, 0.717) is 0 Å². The number of fused-ring (bicyclic) bond motifs is 16. The van der Waals surface area contributed by atoms with Gasteiger partial charge in [-0.25, -0.2) is 0 Å². The number of aryl methyl sites for hydroxylation is 6. The third-order valence-electron chi connectivity index (χ3n) is 16.2.